The number of aryl methyl sites for hydroxylation is 1. The molecular formula is C13H18BrNO3S. The molecule has 0 aromatic carbocycles. The largest absolute Gasteiger partial charge is 0.481 e. The van der Waals surface area contributed by atoms with E-state index in [0.717, 1.165) is 17.6 Å². The molecular weight excluding hydrogens is 330 g/mol. The lowest BCUT2D eigenvalue weighted by Crippen LogP contribution is -2.42. The van der Waals surface area contributed by atoms with Crippen LogP contribution in [-0.4, -0.2) is 41.8 Å². The number of carbonyl (C=O) groups is 1. The van der Waals surface area contributed by atoms with Crippen molar-refractivity contribution in [2.75, 3.05) is 19.8 Å². The third-order valence-electron chi connectivity index (χ3n) is 3.51. The van der Waals surface area contributed by atoms with Crippen molar-refractivity contribution in [3.63, 3.8) is 0 Å². The maximum absolute atomic E-state index is 11.2. The summed E-state index contributed by atoms with van der Waals surface area (Å²) in [4.78, 5) is 15.9. The number of hydrogen-bond donors (Lipinski definition) is 1. The highest BCUT2D eigenvalue weighted by Gasteiger charge is 2.37. The Labute approximate surface area is 125 Å². The highest BCUT2D eigenvalue weighted by Crippen LogP contribution is 2.29. The van der Waals surface area contributed by atoms with Crippen LogP contribution in [0, 0.1) is 12.8 Å². The fourth-order valence-corrected chi connectivity index (χ4v) is 4.03. The Kier molecular flexibility index (Phi) is 5.00. The molecule has 0 amide bonds. The van der Waals surface area contributed by atoms with Gasteiger partial charge >= 0.3 is 5.97 Å². The van der Waals surface area contributed by atoms with E-state index in [0.29, 0.717) is 13.2 Å². The molecule has 2 heterocycles. The van der Waals surface area contributed by atoms with Gasteiger partial charge in [0.15, 0.2) is 0 Å². The van der Waals surface area contributed by atoms with Crippen LogP contribution >= 0.6 is 27.3 Å². The van der Waals surface area contributed by atoms with Crippen LogP contribution in [0.25, 0.3) is 0 Å². The molecule has 0 aliphatic carbocycles. The number of carboxylic acids is 1. The number of thiophene rings is 1. The first-order chi connectivity index (χ1) is 9.02. The summed E-state index contributed by atoms with van der Waals surface area (Å²) in [6.07, 6.45) is 0. The van der Waals surface area contributed by atoms with Gasteiger partial charge in [-0.05, 0) is 35.5 Å². The van der Waals surface area contributed by atoms with Gasteiger partial charge in [-0.3, -0.25) is 9.69 Å². The second kappa shape index (κ2) is 6.35. The maximum atomic E-state index is 11.2. The molecule has 0 radical (unpaired) electrons. The highest BCUT2D eigenvalue weighted by molar-refractivity contribution is 9.10. The summed E-state index contributed by atoms with van der Waals surface area (Å²) in [5.74, 6) is -1.17. The number of aliphatic carboxylic acids is 1. The van der Waals surface area contributed by atoms with Gasteiger partial charge in [-0.25, -0.2) is 0 Å². The Bertz CT molecular complexity index is 443. The quantitative estimate of drug-likeness (QED) is 0.889. The van der Waals surface area contributed by atoms with Gasteiger partial charge in [-0.1, -0.05) is 6.92 Å². The number of carboxylic acid groups (broad SMARTS) is 1. The van der Waals surface area contributed by atoms with Crippen molar-refractivity contribution in [2.45, 2.75) is 26.4 Å². The Hall–Kier alpha value is -0.430. The summed E-state index contributed by atoms with van der Waals surface area (Å²) in [7, 11) is 0. The average molecular weight is 348 g/mol. The van der Waals surface area contributed by atoms with Crippen LogP contribution in [0.4, 0.5) is 0 Å². The van der Waals surface area contributed by atoms with Gasteiger partial charge in [0.2, 0.25) is 0 Å². The molecule has 1 N–H and O–H groups in total. The van der Waals surface area contributed by atoms with Crippen molar-refractivity contribution in [1.82, 2.24) is 4.90 Å². The lowest BCUT2D eigenvalue weighted by Gasteiger charge is -2.28. The van der Waals surface area contributed by atoms with Crippen molar-refractivity contribution in [3.05, 3.63) is 20.3 Å². The molecule has 0 saturated carbocycles. The number of ether oxygens (including phenoxy) is 1. The molecule has 4 nitrogen and oxygen atoms in total. The van der Waals surface area contributed by atoms with Crippen molar-refractivity contribution < 1.29 is 14.6 Å². The molecule has 2 atom stereocenters. The lowest BCUT2D eigenvalue weighted by atomic mass is 10.0. The first-order valence-corrected chi connectivity index (χ1v) is 7.93. The summed E-state index contributed by atoms with van der Waals surface area (Å²) in [6, 6.07) is 2.09. The lowest BCUT2D eigenvalue weighted by molar-refractivity contribution is -0.143. The number of halogens is 1. The van der Waals surface area contributed by atoms with E-state index < -0.39 is 11.9 Å². The van der Waals surface area contributed by atoms with Gasteiger partial charge in [-0.2, -0.15) is 0 Å². The van der Waals surface area contributed by atoms with E-state index in [1.165, 1.54) is 9.75 Å². The van der Waals surface area contributed by atoms with Crippen LogP contribution < -0.4 is 0 Å². The highest BCUT2D eigenvalue weighted by atomic mass is 79.9. The molecule has 1 aliphatic rings. The van der Waals surface area contributed by atoms with Gasteiger partial charge in [0, 0.05) is 26.8 Å². The maximum Gasteiger partial charge on any atom is 0.310 e. The first-order valence-electron chi connectivity index (χ1n) is 6.32. The summed E-state index contributed by atoms with van der Waals surface area (Å²) in [5.41, 5.74) is 0. The topological polar surface area (TPSA) is 49.8 Å². The minimum Gasteiger partial charge on any atom is -0.481 e. The SMILES string of the molecule is CCN(Cc1cc(Br)c(C)s1)C1COCC1C(=O)O. The van der Waals surface area contributed by atoms with Crippen molar-refractivity contribution >= 4 is 33.2 Å². The first kappa shape index (κ1) is 15.0. The molecule has 6 heteroatoms. The van der Waals surface area contributed by atoms with Crippen LogP contribution in [0.3, 0.4) is 0 Å². The molecule has 1 aliphatic heterocycles. The molecule has 106 valence electrons. The van der Waals surface area contributed by atoms with Gasteiger partial charge in [0.25, 0.3) is 0 Å². The predicted octanol–water partition coefficient (Wildman–Crippen LogP) is 2.74. The normalized spacial score (nSPS) is 23.2. The van der Waals surface area contributed by atoms with Crippen LogP contribution in [0.1, 0.15) is 16.7 Å². The molecule has 2 unspecified atom stereocenters. The summed E-state index contributed by atoms with van der Waals surface area (Å²) >= 11 is 5.27. The molecule has 2 rings (SSSR count). The van der Waals surface area contributed by atoms with Crippen LogP contribution in [0.15, 0.2) is 10.5 Å². The fraction of sp³-hybridized carbons (Fsp3) is 0.615. The summed E-state index contributed by atoms with van der Waals surface area (Å²) in [6.45, 7) is 6.58. The number of hydrogen-bond acceptors (Lipinski definition) is 4. The van der Waals surface area contributed by atoms with E-state index in [1.807, 2.05) is 0 Å². The van der Waals surface area contributed by atoms with Crippen molar-refractivity contribution in [2.24, 2.45) is 5.92 Å². The van der Waals surface area contributed by atoms with Crippen LogP contribution in [0.2, 0.25) is 0 Å². The Morgan fingerprint density at radius 1 is 1.63 bits per heavy atom. The van der Waals surface area contributed by atoms with E-state index in [-0.39, 0.29) is 6.04 Å². The van der Waals surface area contributed by atoms with Gasteiger partial charge in [-0.15, -0.1) is 11.3 Å². The van der Waals surface area contributed by atoms with Gasteiger partial charge in [0.1, 0.15) is 0 Å². The van der Waals surface area contributed by atoms with E-state index in [4.69, 9.17) is 4.74 Å². The van der Waals surface area contributed by atoms with E-state index in [9.17, 15) is 9.90 Å². The minimum absolute atomic E-state index is 0.0244. The second-order valence-electron chi connectivity index (χ2n) is 4.73. The van der Waals surface area contributed by atoms with E-state index in [1.54, 1.807) is 11.3 Å². The Morgan fingerprint density at radius 3 is 2.89 bits per heavy atom. The van der Waals surface area contributed by atoms with Crippen LogP contribution in [-0.2, 0) is 16.1 Å². The zero-order valence-corrected chi connectivity index (χ0v) is 13.5. The van der Waals surface area contributed by atoms with Crippen molar-refractivity contribution in [3.8, 4) is 0 Å². The van der Waals surface area contributed by atoms with E-state index in [2.05, 4.69) is 40.7 Å². The zero-order chi connectivity index (χ0) is 14.0. The molecule has 1 aromatic heterocycles. The average Bonchev–Trinajstić information content (AvgIpc) is 2.94. The smallest absolute Gasteiger partial charge is 0.310 e. The monoisotopic (exact) mass is 347 g/mol. The van der Waals surface area contributed by atoms with Gasteiger partial charge < -0.3 is 9.84 Å². The molecule has 0 spiro atoms. The standard InChI is InChI=1S/C13H18BrNO3S/c1-3-15(5-9-4-11(14)8(2)19-9)12-7-18-6-10(12)13(16)17/h4,10,12H,3,5-7H2,1-2H3,(H,16,17). The number of nitrogens with zero attached hydrogens (tertiary/aromatic N) is 1. The number of likely N-dealkylation sites (N-methyl/N-ethyl adjacent to an activating group) is 1. The second-order valence-corrected chi connectivity index (χ2v) is 6.92. The minimum atomic E-state index is -0.760. The third kappa shape index (κ3) is 3.37. The van der Waals surface area contributed by atoms with Crippen molar-refractivity contribution in [1.29, 1.82) is 0 Å². The Morgan fingerprint density at radius 2 is 2.37 bits per heavy atom. The molecule has 19 heavy (non-hydrogen) atoms. The predicted molar refractivity (Wildman–Crippen MR) is 78.6 cm³/mol. The van der Waals surface area contributed by atoms with Crippen LogP contribution in [0.5, 0.6) is 0 Å². The Balaban J connectivity index is 2.09. The molecule has 0 bridgehead atoms. The molecule has 1 fully saturated rings. The van der Waals surface area contributed by atoms with E-state index >= 15 is 0 Å². The zero-order valence-electron chi connectivity index (χ0n) is 11.1. The molecule has 1 saturated heterocycles. The summed E-state index contributed by atoms with van der Waals surface area (Å²) in [5, 5.41) is 9.23. The summed E-state index contributed by atoms with van der Waals surface area (Å²) < 4.78 is 6.48. The third-order valence-corrected chi connectivity index (χ3v) is 5.63. The molecule has 1 aromatic rings. The fourth-order valence-electron chi connectivity index (χ4n) is 2.40. The number of rotatable bonds is 5. The van der Waals surface area contributed by atoms with Gasteiger partial charge in [0.05, 0.1) is 19.1 Å².